The molecule has 2 nitrogen and oxygen atoms in total. The zero-order valence-electron chi connectivity index (χ0n) is 36.3. The van der Waals surface area contributed by atoms with E-state index in [1.165, 1.54) is 44.2 Å². The van der Waals surface area contributed by atoms with Crippen LogP contribution >= 0.6 is 0 Å². The second-order valence-electron chi connectivity index (χ2n) is 16.4. The molecule has 0 saturated carbocycles. The Labute approximate surface area is 387 Å². The highest BCUT2D eigenvalue weighted by atomic mass is 15.1. The van der Waals surface area contributed by atoms with Crippen LogP contribution in [0.4, 0.5) is 34.1 Å². The van der Waals surface area contributed by atoms with Crippen molar-refractivity contribution in [3.63, 3.8) is 0 Å². The van der Waals surface area contributed by atoms with Gasteiger partial charge in [-0.1, -0.05) is 188 Å². The average molecular weight is 841 g/mol. The van der Waals surface area contributed by atoms with Gasteiger partial charge in [0.15, 0.2) is 0 Å². The molecule has 11 aromatic rings. The molecule has 0 N–H and O–H groups in total. The quantitative estimate of drug-likeness (QED) is 0.128. The molecule has 0 fully saturated rings. The maximum Gasteiger partial charge on any atom is 0.0540 e. The summed E-state index contributed by atoms with van der Waals surface area (Å²) in [7, 11) is 0. The molecule has 11 rings (SSSR count). The van der Waals surface area contributed by atoms with Crippen molar-refractivity contribution in [1.82, 2.24) is 0 Å². The maximum absolute atomic E-state index is 3.09. The number of nitrogens with zero attached hydrogens (tertiary/aromatic N) is 2. The Balaban J connectivity index is 0.966. The zero-order valence-corrected chi connectivity index (χ0v) is 36.3. The van der Waals surface area contributed by atoms with E-state index >= 15 is 0 Å². The van der Waals surface area contributed by atoms with Gasteiger partial charge < -0.3 is 9.80 Å². The van der Waals surface area contributed by atoms with Gasteiger partial charge in [-0.15, -0.1) is 0 Å². The molecule has 0 bridgehead atoms. The monoisotopic (exact) mass is 840 g/mol. The highest BCUT2D eigenvalue weighted by Gasteiger charge is 2.19. The largest absolute Gasteiger partial charge is 0.311 e. The zero-order chi connectivity index (χ0) is 44.1. The summed E-state index contributed by atoms with van der Waals surface area (Å²) in [5.74, 6) is 0. The molecule has 0 spiro atoms. The number of anilines is 6. The Morgan fingerprint density at radius 3 is 1.11 bits per heavy atom. The summed E-state index contributed by atoms with van der Waals surface area (Å²) in [6.45, 7) is 0. The summed E-state index contributed by atoms with van der Waals surface area (Å²) in [4.78, 5) is 4.74. The number of benzene rings is 10. The van der Waals surface area contributed by atoms with Crippen molar-refractivity contribution in [1.29, 1.82) is 0 Å². The summed E-state index contributed by atoms with van der Waals surface area (Å²) in [5, 5.41) is 2.39. The van der Waals surface area contributed by atoms with E-state index < -0.39 is 0 Å². The van der Waals surface area contributed by atoms with E-state index in [0.29, 0.717) is 0 Å². The van der Waals surface area contributed by atoms with E-state index in [1.54, 1.807) is 0 Å². The summed E-state index contributed by atoms with van der Waals surface area (Å²) >= 11 is 0. The Hall–Kier alpha value is -8.90. The average Bonchev–Trinajstić information content (AvgIpc) is 3.41. The lowest BCUT2D eigenvalue weighted by Crippen LogP contribution is -2.11. The van der Waals surface area contributed by atoms with Crippen LogP contribution in [0.5, 0.6) is 0 Å². The summed E-state index contributed by atoms with van der Waals surface area (Å²) in [5.41, 5.74) is 18.2. The second kappa shape index (κ2) is 18.1. The van der Waals surface area contributed by atoms with E-state index in [4.69, 9.17) is 0 Å². The molecule has 0 saturated heterocycles. The first-order valence-electron chi connectivity index (χ1n) is 22.4. The first-order chi connectivity index (χ1) is 32.7. The van der Waals surface area contributed by atoms with Crippen molar-refractivity contribution in [2.75, 3.05) is 9.80 Å². The Kier molecular flexibility index (Phi) is 10.9. The van der Waals surface area contributed by atoms with Gasteiger partial charge in [0.05, 0.1) is 5.69 Å². The van der Waals surface area contributed by atoms with Crippen molar-refractivity contribution in [3.05, 3.63) is 279 Å². The minimum Gasteiger partial charge on any atom is -0.311 e. The number of hydrogen-bond donors (Lipinski definition) is 0. The molecule has 0 heterocycles. The molecular weight excluding hydrogens is 797 g/mol. The van der Waals surface area contributed by atoms with Gasteiger partial charge in [0.1, 0.15) is 0 Å². The molecule has 0 radical (unpaired) electrons. The van der Waals surface area contributed by atoms with Gasteiger partial charge in [-0.05, 0) is 152 Å². The van der Waals surface area contributed by atoms with Crippen LogP contribution in [-0.2, 0) is 0 Å². The summed E-state index contributed by atoms with van der Waals surface area (Å²) in [6, 6.07) is 102. The third kappa shape index (κ3) is 8.22. The van der Waals surface area contributed by atoms with Gasteiger partial charge in [-0.2, -0.15) is 0 Å². The van der Waals surface area contributed by atoms with Crippen LogP contribution in [0.15, 0.2) is 267 Å². The minimum absolute atomic E-state index is 1.08. The standard InChI is InChI=1S/C64H44N2/c1-5-16-47(17-6-1)51-28-36-58(37-29-51)65(59-38-30-52(31-39-59)48-18-7-2-8-19-48)60-40-32-53(33-41-60)54-34-42-61(43-35-54)66(64-27-15-25-55-24-13-14-26-63(55)64)62-45-56(49-20-9-3-10-21-49)44-57(46-62)50-22-11-4-12-23-50/h1,3-7,9-46H. The first kappa shape index (κ1) is 39.9. The van der Waals surface area contributed by atoms with E-state index in [0.717, 1.165) is 56.4 Å². The van der Waals surface area contributed by atoms with Crippen LogP contribution in [0, 0.1) is 12.1 Å². The van der Waals surface area contributed by atoms with E-state index in [1.807, 2.05) is 12.1 Å². The smallest absolute Gasteiger partial charge is 0.0540 e. The van der Waals surface area contributed by atoms with Crippen molar-refractivity contribution < 1.29 is 0 Å². The molecule has 0 unspecified atom stereocenters. The number of rotatable bonds is 11. The fraction of sp³-hybridized carbons (Fsp3) is 0. The van der Waals surface area contributed by atoms with Gasteiger partial charge in [0, 0.05) is 33.8 Å². The van der Waals surface area contributed by atoms with E-state index in [9.17, 15) is 0 Å². The third-order valence-electron chi connectivity index (χ3n) is 12.3. The molecule has 66 heavy (non-hydrogen) atoms. The predicted octanol–water partition coefficient (Wildman–Crippen LogP) is 17.7. The van der Waals surface area contributed by atoms with Crippen LogP contribution in [0.1, 0.15) is 0 Å². The predicted molar refractivity (Wildman–Crippen MR) is 278 cm³/mol. The molecule has 0 amide bonds. The molecule has 0 atom stereocenters. The topological polar surface area (TPSA) is 6.48 Å². The molecule has 0 aliphatic carbocycles. The van der Waals surface area contributed by atoms with Crippen LogP contribution in [0.2, 0.25) is 0 Å². The summed E-state index contributed by atoms with van der Waals surface area (Å²) in [6.07, 6.45) is 0. The molecule has 0 aromatic heterocycles. The van der Waals surface area contributed by atoms with Crippen LogP contribution in [0.3, 0.4) is 0 Å². The van der Waals surface area contributed by atoms with Gasteiger partial charge in [0.25, 0.3) is 0 Å². The molecular formula is C64H44N2. The van der Waals surface area contributed by atoms with Crippen LogP contribution in [0.25, 0.3) is 66.4 Å². The third-order valence-corrected chi connectivity index (χ3v) is 12.3. The van der Waals surface area contributed by atoms with E-state index in [2.05, 4.69) is 277 Å². The normalized spacial score (nSPS) is 10.9. The van der Waals surface area contributed by atoms with Crippen molar-refractivity contribution >= 4 is 44.9 Å². The van der Waals surface area contributed by atoms with Gasteiger partial charge in [0.2, 0.25) is 0 Å². The molecule has 11 aromatic carbocycles. The highest BCUT2D eigenvalue weighted by molar-refractivity contribution is 6.00. The van der Waals surface area contributed by atoms with Crippen LogP contribution < -0.4 is 9.80 Å². The maximum atomic E-state index is 3.09. The Morgan fingerprint density at radius 1 is 0.242 bits per heavy atom. The lowest BCUT2D eigenvalue weighted by molar-refractivity contribution is 1.28. The Morgan fingerprint density at radius 2 is 0.636 bits per heavy atom. The Bertz CT molecular complexity index is 3200. The van der Waals surface area contributed by atoms with Crippen LogP contribution in [-0.4, -0.2) is 0 Å². The lowest BCUT2D eigenvalue weighted by atomic mass is 9.96. The van der Waals surface area contributed by atoms with Crippen molar-refractivity contribution in [2.45, 2.75) is 0 Å². The minimum atomic E-state index is 1.08. The fourth-order valence-corrected chi connectivity index (χ4v) is 8.98. The van der Waals surface area contributed by atoms with Crippen molar-refractivity contribution in [3.8, 4) is 55.6 Å². The fourth-order valence-electron chi connectivity index (χ4n) is 8.98. The van der Waals surface area contributed by atoms with E-state index in [-0.39, 0.29) is 0 Å². The van der Waals surface area contributed by atoms with Crippen molar-refractivity contribution in [2.24, 2.45) is 0 Å². The molecule has 0 aliphatic heterocycles. The van der Waals surface area contributed by atoms with Gasteiger partial charge >= 0.3 is 0 Å². The lowest BCUT2D eigenvalue weighted by Gasteiger charge is -2.28. The number of fused-ring (bicyclic) bond motifs is 1. The first-order valence-corrected chi connectivity index (χ1v) is 22.4. The number of hydrogen-bond acceptors (Lipinski definition) is 2. The second-order valence-corrected chi connectivity index (χ2v) is 16.4. The molecule has 2 heteroatoms. The summed E-state index contributed by atoms with van der Waals surface area (Å²) < 4.78 is 0. The highest BCUT2D eigenvalue weighted by Crippen LogP contribution is 2.43. The molecule has 310 valence electrons. The van der Waals surface area contributed by atoms with Gasteiger partial charge in [-0.25, -0.2) is 0 Å². The SMILES string of the molecule is c1ccc(-c2ccc(N(c3ccc(-c4ccccc4)cc3)c3ccc(-c4ccc(N(c5cc(-c6ccccc6)cc(-c6ccccc6)c5)c5cccc6ccccc56)cc4)cc3)cc2)cc#1. The molecule has 0 aliphatic rings. The van der Waals surface area contributed by atoms with Gasteiger partial charge in [-0.3, -0.25) is 0 Å².